The molecule has 0 aliphatic heterocycles. The van der Waals surface area contributed by atoms with Gasteiger partial charge < -0.3 is 10.1 Å². The van der Waals surface area contributed by atoms with Crippen LogP contribution in [0.25, 0.3) is 0 Å². The molecule has 0 unspecified atom stereocenters. The van der Waals surface area contributed by atoms with Crippen LogP contribution in [0.4, 0.5) is 5.82 Å². The Kier molecular flexibility index (Phi) is 5.71. The Labute approximate surface area is 135 Å². The molecule has 1 aromatic heterocycles. The quantitative estimate of drug-likeness (QED) is 0.754. The van der Waals surface area contributed by atoms with Gasteiger partial charge in [0.15, 0.2) is 0 Å². The van der Waals surface area contributed by atoms with E-state index in [2.05, 4.69) is 30.2 Å². The Morgan fingerprint density at radius 1 is 1.14 bits per heavy atom. The summed E-state index contributed by atoms with van der Waals surface area (Å²) < 4.78 is 5.79. The summed E-state index contributed by atoms with van der Waals surface area (Å²) in [4.78, 5) is 4.36. The average molecular weight is 325 g/mol. The van der Waals surface area contributed by atoms with Crippen molar-refractivity contribution in [2.24, 2.45) is 0 Å². The van der Waals surface area contributed by atoms with Gasteiger partial charge in [-0.2, -0.15) is 4.98 Å². The summed E-state index contributed by atoms with van der Waals surface area (Å²) in [6, 6.07) is 9.51. The lowest BCUT2D eigenvalue weighted by molar-refractivity contribution is 0.463. The number of benzene rings is 1. The normalized spacial score (nSPS) is 10.5. The second-order valence-corrected chi connectivity index (χ2v) is 5.45. The highest BCUT2D eigenvalue weighted by molar-refractivity contribution is 6.36. The number of halogens is 2. The van der Waals surface area contributed by atoms with E-state index < -0.39 is 0 Å². The zero-order valence-corrected chi connectivity index (χ0v) is 13.6. The largest absolute Gasteiger partial charge is 0.437 e. The van der Waals surface area contributed by atoms with Gasteiger partial charge >= 0.3 is 0 Å². The SMILES string of the molecule is CCCNc1nc(Oc2cccc(CC)c2)c(Cl)cc1Cl. The molecule has 2 aromatic rings. The first-order valence-electron chi connectivity index (χ1n) is 7.00. The molecule has 0 saturated carbocycles. The van der Waals surface area contributed by atoms with Gasteiger partial charge in [0.1, 0.15) is 16.6 Å². The number of aromatic nitrogens is 1. The standard InChI is InChI=1S/C16H18Cl2N2O/c1-3-8-19-15-13(17)10-14(18)16(20-15)21-12-7-5-6-11(4-2)9-12/h5-7,9-10H,3-4,8H2,1-2H3,(H,19,20). The molecule has 3 nitrogen and oxygen atoms in total. The van der Waals surface area contributed by atoms with Gasteiger partial charge in [-0.05, 0) is 36.6 Å². The maximum Gasteiger partial charge on any atom is 0.240 e. The first-order valence-corrected chi connectivity index (χ1v) is 7.76. The van der Waals surface area contributed by atoms with E-state index in [9.17, 15) is 0 Å². The monoisotopic (exact) mass is 324 g/mol. The van der Waals surface area contributed by atoms with Crippen molar-refractivity contribution in [3.8, 4) is 11.6 Å². The number of hydrogen-bond acceptors (Lipinski definition) is 3. The van der Waals surface area contributed by atoms with Gasteiger partial charge in [-0.3, -0.25) is 0 Å². The molecular formula is C16H18Cl2N2O. The summed E-state index contributed by atoms with van der Waals surface area (Å²) in [6.07, 6.45) is 1.93. The Morgan fingerprint density at radius 2 is 1.95 bits per heavy atom. The van der Waals surface area contributed by atoms with E-state index in [4.69, 9.17) is 27.9 Å². The van der Waals surface area contributed by atoms with E-state index in [1.807, 2.05) is 18.2 Å². The van der Waals surface area contributed by atoms with Gasteiger partial charge in [0, 0.05) is 6.54 Å². The van der Waals surface area contributed by atoms with Gasteiger partial charge in [-0.15, -0.1) is 0 Å². The minimum Gasteiger partial charge on any atom is -0.437 e. The molecule has 0 radical (unpaired) electrons. The second-order valence-electron chi connectivity index (χ2n) is 4.64. The third-order valence-electron chi connectivity index (χ3n) is 2.96. The van der Waals surface area contributed by atoms with Crippen molar-refractivity contribution in [3.05, 3.63) is 45.9 Å². The van der Waals surface area contributed by atoms with Crippen molar-refractivity contribution < 1.29 is 4.74 Å². The van der Waals surface area contributed by atoms with E-state index in [0.29, 0.717) is 27.5 Å². The molecule has 0 amide bonds. The molecule has 1 heterocycles. The summed E-state index contributed by atoms with van der Waals surface area (Å²) in [5, 5.41) is 4.04. The summed E-state index contributed by atoms with van der Waals surface area (Å²) in [5.41, 5.74) is 1.20. The lowest BCUT2D eigenvalue weighted by atomic mass is 10.2. The maximum atomic E-state index is 6.16. The Hall–Kier alpha value is -1.45. The summed E-state index contributed by atoms with van der Waals surface area (Å²) in [5.74, 6) is 1.66. The molecule has 0 atom stereocenters. The number of nitrogens with zero attached hydrogens (tertiary/aromatic N) is 1. The average Bonchev–Trinajstić information content (AvgIpc) is 2.49. The summed E-state index contributed by atoms with van der Waals surface area (Å²) >= 11 is 12.3. The van der Waals surface area contributed by atoms with E-state index in [1.54, 1.807) is 6.07 Å². The number of rotatable bonds is 6. The van der Waals surface area contributed by atoms with E-state index in [1.165, 1.54) is 5.56 Å². The van der Waals surface area contributed by atoms with Crippen molar-refractivity contribution >= 4 is 29.0 Å². The van der Waals surface area contributed by atoms with Gasteiger partial charge in [0.25, 0.3) is 0 Å². The Bertz CT molecular complexity index is 617. The molecule has 2 rings (SSSR count). The predicted octanol–water partition coefficient (Wildman–Crippen LogP) is 5.57. The topological polar surface area (TPSA) is 34.2 Å². The molecule has 0 aliphatic rings. The van der Waals surface area contributed by atoms with Gasteiger partial charge in [0.05, 0.1) is 5.02 Å². The summed E-state index contributed by atoms with van der Waals surface area (Å²) in [7, 11) is 0. The van der Waals surface area contributed by atoms with Crippen LogP contribution in [0.3, 0.4) is 0 Å². The van der Waals surface area contributed by atoms with E-state index in [0.717, 1.165) is 19.4 Å². The third kappa shape index (κ3) is 4.26. The minimum absolute atomic E-state index is 0.355. The molecule has 0 bridgehead atoms. The molecule has 0 fully saturated rings. The molecule has 21 heavy (non-hydrogen) atoms. The number of pyridine rings is 1. The lowest BCUT2D eigenvalue weighted by Gasteiger charge is -2.11. The van der Waals surface area contributed by atoms with Crippen molar-refractivity contribution in [1.82, 2.24) is 4.98 Å². The van der Waals surface area contributed by atoms with Gasteiger partial charge in [-0.25, -0.2) is 0 Å². The lowest BCUT2D eigenvalue weighted by Crippen LogP contribution is -2.03. The van der Waals surface area contributed by atoms with Crippen LogP contribution < -0.4 is 10.1 Å². The van der Waals surface area contributed by atoms with Gasteiger partial charge in [0.2, 0.25) is 5.88 Å². The van der Waals surface area contributed by atoms with Crippen LogP contribution in [0.2, 0.25) is 10.0 Å². The second kappa shape index (κ2) is 7.53. The highest BCUT2D eigenvalue weighted by Crippen LogP contribution is 2.33. The van der Waals surface area contributed by atoms with Crippen LogP contribution in [0.5, 0.6) is 11.6 Å². The minimum atomic E-state index is 0.355. The third-order valence-corrected chi connectivity index (χ3v) is 3.52. The molecule has 0 aliphatic carbocycles. The molecule has 5 heteroatoms. The first kappa shape index (κ1) is 15.9. The van der Waals surface area contributed by atoms with Crippen molar-refractivity contribution in [3.63, 3.8) is 0 Å². The number of aryl methyl sites for hydroxylation is 1. The fourth-order valence-electron chi connectivity index (χ4n) is 1.83. The van der Waals surface area contributed by atoms with Crippen LogP contribution in [-0.4, -0.2) is 11.5 Å². The number of ether oxygens (including phenoxy) is 1. The van der Waals surface area contributed by atoms with Crippen molar-refractivity contribution in [1.29, 1.82) is 0 Å². The number of nitrogens with one attached hydrogen (secondary N) is 1. The molecule has 112 valence electrons. The van der Waals surface area contributed by atoms with Gasteiger partial charge in [-0.1, -0.05) is 49.2 Å². The predicted molar refractivity (Wildman–Crippen MR) is 88.9 cm³/mol. The summed E-state index contributed by atoms with van der Waals surface area (Å²) in [6.45, 7) is 4.96. The van der Waals surface area contributed by atoms with Crippen molar-refractivity contribution in [2.45, 2.75) is 26.7 Å². The van der Waals surface area contributed by atoms with E-state index in [-0.39, 0.29) is 0 Å². The zero-order chi connectivity index (χ0) is 15.2. The molecule has 1 N–H and O–H groups in total. The van der Waals surface area contributed by atoms with Crippen LogP contribution in [0.1, 0.15) is 25.8 Å². The highest BCUT2D eigenvalue weighted by Gasteiger charge is 2.11. The molecule has 1 aromatic carbocycles. The fraction of sp³-hybridized carbons (Fsp3) is 0.312. The number of hydrogen-bond donors (Lipinski definition) is 1. The highest BCUT2D eigenvalue weighted by atomic mass is 35.5. The molecule has 0 saturated heterocycles. The van der Waals surface area contributed by atoms with E-state index >= 15 is 0 Å². The Balaban J connectivity index is 2.25. The fourth-order valence-corrected chi connectivity index (χ4v) is 2.29. The zero-order valence-electron chi connectivity index (χ0n) is 12.1. The maximum absolute atomic E-state index is 6.16. The smallest absolute Gasteiger partial charge is 0.240 e. The van der Waals surface area contributed by atoms with Crippen LogP contribution in [-0.2, 0) is 6.42 Å². The van der Waals surface area contributed by atoms with Crippen LogP contribution in [0, 0.1) is 0 Å². The number of anilines is 1. The first-order chi connectivity index (χ1) is 10.1. The van der Waals surface area contributed by atoms with Crippen LogP contribution >= 0.6 is 23.2 Å². The molecule has 0 spiro atoms. The molecular weight excluding hydrogens is 307 g/mol. The van der Waals surface area contributed by atoms with Crippen molar-refractivity contribution in [2.75, 3.05) is 11.9 Å². The Morgan fingerprint density at radius 3 is 2.67 bits per heavy atom. The van der Waals surface area contributed by atoms with Crippen LogP contribution in [0.15, 0.2) is 30.3 Å².